The molecule has 24 heavy (non-hydrogen) atoms. The van der Waals surface area contributed by atoms with Crippen LogP contribution in [0.3, 0.4) is 0 Å². The molecule has 5 nitrogen and oxygen atoms in total. The van der Waals surface area contributed by atoms with E-state index in [-0.39, 0.29) is 23.9 Å². The highest BCUT2D eigenvalue weighted by Gasteiger charge is 2.27. The van der Waals surface area contributed by atoms with Crippen LogP contribution in [0.2, 0.25) is 0 Å². The quantitative estimate of drug-likeness (QED) is 0.836. The molecule has 0 aliphatic carbocycles. The third kappa shape index (κ3) is 4.43. The van der Waals surface area contributed by atoms with Gasteiger partial charge in [0.25, 0.3) is 0 Å². The zero-order valence-electron chi connectivity index (χ0n) is 13.7. The van der Waals surface area contributed by atoms with Crippen molar-refractivity contribution in [2.75, 3.05) is 0 Å². The Balaban J connectivity index is 2.29. The van der Waals surface area contributed by atoms with Crippen LogP contribution in [0.15, 0.2) is 59.5 Å². The van der Waals surface area contributed by atoms with E-state index in [1.165, 1.54) is 16.4 Å². The Labute approximate surface area is 142 Å². The van der Waals surface area contributed by atoms with Gasteiger partial charge >= 0.3 is 5.97 Å². The van der Waals surface area contributed by atoms with Crippen molar-refractivity contribution in [2.24, 2.45) is 0 Å². The third-order valence-electron chi connectivity index (χ3n) is 3.64. The largest absolute Gasteiger partial charge is 0.481 e. The number of aliphatic carboxylic acids is 1. The standard InChI is InChI=1S/C18H21NO4S/c1-14(2)19(13-16-6-4-3-5-7-16)24(22,23)17-10-8-15(9-11-17)12-18(20)21/h3-11,14H,12-13H2,1-2H3,(H,20,21). The second-order valence-electron chi connectivity index (χ2n) is 5.84. The van der Waals surface area contributed by atoms with Crippen molar-refractivity contribution in [1.82, 2.24) is 4.31 Å². The molecular weight excluding hydrogens is 326 g/mol. The number of benzene rings is 2. The van der Waals surface area contributed by atoms with Gasteiger partial charge in [-0.25, -0.2) is 8.42 Å². The molecule has 0 saturated carbocycles. The molecule has 0 aliphatic rings. The van der Waals surface area contributed by atoms with E-state index in [1.54, 1.807) is 12.1 Å². The molecule has 0 amide bonds. The van der Waals surface area contributed by atoms with Crippen molar-refractivity contribution >= 4 is 16.0 Å². The average molecular weight is 347 g/mol. The van der Waals surface area contributed by atoms with E-state index < -0.39 is 16.0 Å². The van der Waals surface area contributed by atoms with Gasteiger partial charge in [0.05, 0.1) is 11.3 Å². The number of hydrogen-bond donors (Lipinski definition) is 1. The van der Waals surface area contributed by atoms with Crippen LogP contribution >= 0.6 is 0 Å². The molecule has 128 valence electrons. The highest BCUT2D eigenvalue weighted by molar-refractivity contribution is 7.89. The van der Waals surface area contributed by atoms with Gasteiger partial charge in [0.1, 0.15) is 0 Å². The maximum Gasteiger partial charge on any atom is 0.307 e. The topological polar surface area (TPSA) is 74.7 Å². The van der Waals surface area contributed by atoms with Crippen LogP contribution < -0.4 is 0 Å². The predicted molar refractivity (Wildman–Crippen MR) is 92.1 cm³/mol. The number of hydrogen-bond acceptors (Lipinski definition) is 3. The Hall–Kier alpha value is -2.18. The SMILES string of the molecule is CC(C)N(Cc1ccccc1)S(=O)(=O)c1ccc(CC(=O)O)cc1. The van der Waals surface area contributed by atoms with E-state index in [0.29, 0.717) is 5.56 Å². The average Bonchev–Trinajstić information content (AvgIpc) is 2.53. The van der Waals surface area contributed by atoms with Gasteiger partial charge in [-0.05, 0) is 37.1 Å². The molecule has 1 N–H and O–H groups in total. The van der Waals surface area contributed by atoms with Gasteiger partial charge in [-0.3, -0.25) is 4.79 Å². The number of carbonyl (C=O) groups is 1. The van der Waals surface area contributed by atoms with E-state index in [9.17, 15) is 13.2 Å². The first-order valence-electron chi connectivity index (χ1n) is 7.67. The van der Waals surface area contributed by atoms with E-state index >= 15 is 0 Å². The van der Waals surface area contributed by atoms with Gasteiger partial charge in [0, 0.05) is 12.6 Å². The van der Waals surface area contributed by atoms with Gasteiger partial charge in [-0.1, -0.05) is 42.5 Å². The van der Waals surface area contributed by atoms with E-state index in [1.807, 2.05) is 44.2 Å². The molecule has 0 heterocycles. The highest BCUT2D eigenvalue weighted by Crippen LogP contribution is 2.21. The Morgan fingerprint density at radius 1 is 1.00 bits per heavy atom. The fourth-order valence-corrected chi connectivity index (χ4v) is 4.02. The highest BCUT2D eigenvalue weighted by atomic mass is 32.2. The smallest absolute Gasteiger partial charge is 0.307 e. The summed E-state index contributed by atoms with van der Waals surface area (Å²) in [6, 6.07) is 15.2. The maximum atomic E-state index is 12.9. The molecule has 2 rings (SSSR count). The van der Waals surface area contributed by atoms with Gasteiger partial charge < -0.3 is 5.11 Å². The van der Waals surface area contributed by atoms with Gasteiger partial charge in [0.15, 0.2) is 0 Å². The van der Waals surface area contributed by atoms with Crippen molar-refractivity contribution in [3.05, 3.63) is 65.7 Å². The molecule has 0 fully saturated rings. The predicted octanol–water partition coefficient (Wildman–Crippen LogP) is 2.91. The van der Waals surface area contributed by atoms with Crippen LogP contribution in [-0.4, -0.2) is 29.8 Å². The zero-order chi connectivity index (χ0) is 17.7. The number of nitrogens with zero attached hydrogens (tertiary/aromatic N) is 1. The first kappa shape index (κ1) is 18.2. The summed E-state index contributed by atoms with van der Waals surface area (Å²) >= 11 is 0. The maximum absolute atomic E-state index is 12.9. The van der Waals surface area contributed by atoms with Crippen molar-refractivity contribution in [1.29, 1.82) is 0 Å². The summed E-state index contributed by atoms with van der Waals surface area (Å²) in [5, 5.41) is 8.79. The molecule has 0 unspecified atom stereocenters. The number of carboxylic acids is 1. The minimum Gasteiger partial charge on any atom is -0.481 e. The van der Waals surface area contributed by atoms with E-state index in [0.717, 1.165) is 5.56 Å². The lowest BCUT2D eigenvalue weighted by Gasteiger charge is -2.26. The molecule has 0 radical (unpaired) electrons. The number of rotatable bonds is 7. The van der Waals surface area contributed by atoms with Crippen LogP contribution in [0.25, 0.3) is 0 Å². The summed E-state index contributed by atoms with van der Waals surface area (Å²) in [5.41, 5.74) is 1.48. The minimum absolute atomic E-state index is 0.127. The molecule has 0 aromatic heterocycles. The van der Waals surface area contributed by atoms with Gasteiger partial charge in [0.2, 0.25) is 10.0 Å². The van der Waals surface area contributed by atoms with Crippen LogP contribution in [0.5, 0.6) is 0 Å². The molecule has 0 bridgehead atoms. The second kappa shape index (κ2) is 7.59. The van der Waals surface area contributed by atoms with Crippen LogP contribution in [-0.2, 0) is 27.8 Å². The first-order valence-corrected chi connectivity index (χ1v) is 9.11. The number of carboxylic acid groups (broad SMARTS) is 1. The number of sulfonamides is 1. The van der Waals surface area contributed by atoms with Crippen molar-refractivity contribution < 1.29 is 18.3 Å². The molecule has 2 aromatic rings. The summed E-state index contributed by atoms with van der Waals surface area (Å²) in [7, 11) is -3.66. The minimum atomic E-state index is -3.66. The fourth-order valence-electron chi connectivity index (χ4n) is 2.40. The zero-order valence-corrected chi connectivity index (χ0v) is 14.5. The van der Waals surface area contributed by atoms with Crippen LogP contribution in [0.1, 0.15) is 25.0 Å². The van der Waals surface area contributed by atoms with E-state index in [2.05, 4.69) is 0 Å². The summed E-state index contributed by atoms with van der Waals surface area (Å²) < 4.78 is 27.3. The molecule has 0 atom stereocenters. The normalized spacial score (nSPS) is 11.8. The Morgan fingerprint density at radius 2 is 1.58 bits per heavy atom. The van der Waals surface area contributed by atoms with Crippen molar-refractivity contribution in [3.8, 4) is 0 Å². The summed E-state index contributed by atoms with van der Waals surface area (Å²) in [4.78, 5) is 10.9. The second-order valence-corrected chi connectivity index (χ2v) is 7.73. The fraction of sp³-hybridized carbons (Fsp3) is 0.278. The first-order chi connectivity index (χ1) is 11.3. The van der Waals surface area contributed by atoms with Crippen molar-refractivity contribution in [3.63, 3.8) is 0 Å². The summed E-state index contributed by atoms with van der Waals surface area (Å²) in [5.74, 6) is -0.946. The lowest BCUT2D eigenvalue weighted by molar-refractivity contribution is -0.136. The Morgan fingerprint density at radius 3 is 2.08 bits per heavy atom. The molecule has 0 spiro atoms. The molecule has 2 aromatic carbocycles. The Kier molecular flexibility index (Phi) is 5.75. The Bertz CT molecular complexity index is 784. The van der Waals surface area contributed by atoms with Crippen LogP contribution in [0.4, 0.5) is 0 Å². The monoisotopic (exact) mass is 347 g/mol. The van der Waals surface area contributed by atoms with E-state index in [4.69, 9.17) is 5.11 Å². The van der Waals surface area contributed by atoms with Gasteiger partial charge in [-0.2, -0.15) is 4.31 Å². The van der Waals surface area contributed by atoms with Crippen LogP contribution in [0, 0.1) is 0 Å². The van der Waals surface area contributed by atoms with Gasteiger partial charge in [-0.15, -0.1) is 0 Å². The molecule has 0 aliphatic heterocycles. The summed E-state index contributed by atoms with van der Waals surface area (Å²) in [6.45, 7) is 3.95. The lowest BCUT2D eigenvalue weighted by atomic mass is 10.2. The molecule has 6 heteroatoms. The summed E-state index contributed by atoms with van der Waals surface area (Å²) in [6.07, 6.45) is -0.127. The molecular formula is C18H21NO4S. The third-order valence-corrected chi connectivity index (χ3v) is 5.68. The van der Waals surface area contributed by atoms with Crippen molar-refractivity contribution in [2.45, 2.75) is 37.8 Å². The lowest BCUT2D eigenvalue weighted by Crippen LogP contribution is -2.36. The molecule has 0 saturated heterocycles.